The molecule has 1 aromatic carbocycles. The molecule has 1 aromatic heterocycles. The molecule has 0 bridgehead atoms. The third-order valence-electron chi connectivity index (χ3n) is 3.59. The Hall–Kier alpha value is -2.63. The molecule has 0 aliphatic heterocycles. The van der Waals surface area contributed by atoms with Crippen molar-refractivity contribution in [3.63, 3.8) is 0 Å². The number of rotatable bonds is 3. The number of nitrogens with two attached hydrogens (primary N) is 1. The molecule has 2 rings (SSSR count). The second-order valence-electron chi connectivity index (χ2n) is 5.10. The predicted molar refractivity (Wildman–Crippen MR) is 95.8 cm³/mol. The van der Waals surface area contributed by atoms with E-state index >= 15 is 0 Å². The zero-order chi connectivity index (χ0) is 18.4. The third kappa shape index (κ3) is 3.64. The van der Waals surface area contributed by atoms with E-state index in [1.54, 1.807) is 0 Å². The Morgan fingerprint density at radius 3 is 2.25 bits per heavy atom. The zero-order valence-electron chi connectivity index (χ0n) is 15.1. The van der Waals surface area contributed by atoms with Crippen LogP contribution < -0.4 is 11.3 Å². The Kier molecular flexibility index (Phi) is 6.70. The standard InChI is InChI=1S/C16H19N3O3.C2H6/c1-5-11-6-9(2)13(10(3)7-11)19-8-18-14(17)12(15(19)20)16(21)22-4;1-2/h6-8H,5,17H2,1-4H3;1-2H3. The van der Waals surface area contributed by atoms with Crippen molar-refractivity contribution in [3.05, 3.63) is 51.1 Å². The summed E-state index contributed by atoms with van der Waals surface area (Å²) in [6.07, 6.45) is 2.25. The Bertz CT molecular complexity index is 772. The van der Waals surface area contributed by atoms with Gasteiger partial charge in [-0.25, -0.2) is 9.78 Å². The molecule has 6 nitrogen and oxygen atoms in total. The summed E-state index contributed by atoms with van der Waals surface area (Å²) in [4.78, 5) is 28.3. The first-order valence-corrected chi connectivity index (χ1v) is 7.96. The molecular weight excluding hydrogens is 306 g/mol. The van der Waals surface area contributed by atoms with Gasteiger partial charge >= 0.3 is 5.97 Å². The van der Waals surface area contributed by atoms with Gasteiger partial charge in [-0.3, -0.25) is 9.36 Å². The van der Waals surface area contributed by atoms with Crippen LogP contribution in [0.25, 0.3) is 5.69 Å². The molecule has 0 fully saturated rings. The molecule has 6 heteroatoms. The van der Waals surface area contributed by atoms with Crippen molar-refractivity contribution in [3.8, 4) is 5.69 Å². The molecule has 1 heterocycles. The van der Waals surface area contributed by atoms with E-state index in [1.807, 2.05) is 39.8 Å². The van der Waals surface area contributed by atoms with Gasteiger partial charge in [0.25, 0.3) is 5.56 Å². The number of carbonyl (C=O) groups is 1. The van der Waals surface area contributed by atoms with Gasteiger partial charge in [0.1, 0.15) is 12.1 Å². The molecule has 2 aromatic rings. The second kappa shape index (κ2) is 8.29. The van der Waals surface area contributed by atoms with E-state index in [4.69, 9.17) is 5.73 Å². The van der Waals surface area contributed by atoms with E-state index in [1.165, 1.54) is 23.6 Å². The van der Waals surface area contributed by atoms with E-state index in [2.05, 4.69) is 16.6 Å². The molecule has 130 valence electrons. The van der Waals surface area contributed by atoms with Crippen molar-refractivity contribution in [2.75, 3.05) is 12.8 Å². The molecule has 0 radical (unpaired) electrons. The first kappa shape index (κ1) is 19.4. The minimum atomic E-state index is -0.787. The van der Waals surface area contributed by atoms with Crippen LogP contribution in [-0.4, -0.2) is 22.6 Å². The maximum absolute atomic E-state index is 12.6. The van der Waals surface area contributed by atoms with Gasteiger partial charge < -0.3 is 10.5 Å². The van der Waals surface area contributed by atoms with Gasteiger partial charge in [0.2, 0.25) is 0 Å². The summed E-state index contributed by atoms with van der Waals surface area (Å²) in [6, 6.07) is 4.03. The molecule has 0 aliphatic carbocycles. The van der Waals surface area contributed by atoms with E-state index < -0.39 is 11.5 Å². The Morgan fingerprint density at radius 2 is 1.79 bits per heavy atom. The van der Waals surface area contributed by atoms with Gasteiger partial charge in [-0.15, -0.1) is 0 Å². The zero-order valence-corrected chi connectivity index (χ0v) is 15.1. The first-order valence-electron chi connectivity index (χ1n) is 7.96. The number of esters is 1. The molecular formula is C18H25N3O3. The minimum Gasteiger partial charge on any atom is -0.465 e. The van der Waals surface area contributed by atoms with Crippen molar-refractivity contribution in [2.24, 2.45) is 0 Å². The number of aryl methyl sites for hydroxylation is 3. The summed E-state index contributed by atoms with van der Waals surface area (Å²) < 4.78 is 5.95. The maximum Gasteiger partial charge on any atom is 0.347 e. The number of hydrogen-bond acceptors (Lipinski definition) is 5. The average molecular weight is 331 g/mol. The SMILES string of the molecule is CC.CCc1cc(C)c(-n2cnc(N)c(C(=O)OC)c2=O)c(C)c1. The normalized spacial score (nSPS) is 9.92. The number of benzene rings is 1. The summed E-state index contributed by atoms with van der Waals surface area (Å²) in [5.41, 5.74) is 8.62. The Labute approximate surface area is 142 Å². The van der Waals surface area contributed by atoms with Gasteiger partial charge in [0, 0.05) is 0 Å². The lowest BCUT2D eigenvalue weighted by Gasteiger charge is -2.15. The van der Waals surface area contributed by atoms with E-state index in [0.29, 0.717) is 5.69 Å². The van der Waals surface area contributed by atoms with Crippen molar-refractivity contribution in [2.45, 2.75) is 41.0 Å². The summed E-state index contributed by atoms with van der Waals surface area (Å²) in [7, 11) is 1.20. The monoisotopic (exact) mass is 331 g/mol. The number of nitrogens with zero attached hydrogens (tertiary/aromatic N) is 2. The van der Waals surface area contributed by atoms with Gasteiger partial charge in [-0.1, -0.05) is 32.9 Å². The largest absolute Gasteiger partial charge is 0.465 e. The van der Waals surface area contributed by atoms with Gasteiger partial charge in [0.15, 0.2) is 5.56 Å². The number of nitrogen functional groups attached to an aromatic ring is 1. The van der Waals surface area contributed by atoms with E-state index in [9.17, 15) is 9.59 Å². The predicted octanol–water partition coefficient (Wildman–Crippen LogP) is 2.81. The number of aromatic nitrogens is 2. The molecule has 0 spiro atoms. The molecule has 0 atom stereocenters. The number of anilines is 1. The van der Waals surface area contributed by atoms with E-state index in [-0.39, 0.29) is 11.4 Å². The van der Waals surface area contributed by atoms with Crippen molar-refractivity contribution >= 4 is 11.8 Å². The number of hydrogen-bond donors (Lipinski definition) is 1. The van der Waals surface area contributed by atoms with Crippen molar-refractivity contribution < 1.29 is 9.53 Å². The van der Waals surface area contributed by atoms with Gasteiger partial charge in [-0.05, 0) is 37.0 Å². The highest BCUT2D eigenvalue weighted by molar-refractivity contribution is 5.93. The van der Waals surface area contributed by atoms with Crippen LogP contribution in [0, 0.1) is 13.8 Å². The minimum absolute atomic E-state index is 0.131. The Balaban J connectivity index is 0.00000139. The van der Waals surface area contributed by atoms with Crippen LogP contribution in [0.2, 0.25) is 0 Å². The van der Waals surface area contributed by atoms with Crippen molar-refractivity contribution in [1.82, 2.24) is 9.55 Å². The highest BCUT2D eigenvalue weighted by atomic mass is 16.5. The first-order chi connectivity index (χ1) is 11.4. The second-order valence-corrected chi connectivity index (χ2v) is 5.10. The molecule has 2 N–H and O–H groups in total. The molecule has 0 saturated heterocycles. The fraction of sp³-hybridized carbons (Fsp3) is 0.389. The molecule has 0 unspecified atom stereocenters. The third-order valence-corrected chi connectivity index (χ3v) is 3.59. The highest BCUT2D eigenvalue weighted by Crippen LogP contribution is 2.20. The summed E-state index contributed by atoms with van der Waals surface area (Å²) in [5, 5.41) is 0. The smallest absolute Gasteiger partial charge is 0.347 e. The van der Waals surface area contributed by atoms with E-state index in [0.717, 1.165) is 17.5 Å². The van der Waals surface area contributed by atoms with Crippen LogP contribution in [0.1, 0.15) is 47.8 Å². The molecule has 0 aliphatic rings. The van der Waals surface area contributed by atoms with Crippen LogP contribution in [-0.2, 0) is 11.2 Å². The summed E-state index contributed by atoms with van der Waals surface area (Å²) in [6.45, 7) is 9.91. The number of ether oxygens (including phenoxy) is 1. The lowest BCUT2D eigenvalue weighted by atomic mass is 10.0. The number of carbonyl (C=O) groups excluding carboxylic acids is 1. The van der Waals surface area contributed by atoms with Crippen molar-refractivity contribution in [1.29, 1.82) is 0 Å². The van der Waals surface area contributed by atoms with Crippen LogP contribution in [0.5, 0.6) is 0 Å². The molecule has 0 saturated carbocycles. The summed E-state index contributed by atoms with van der Waals surface area (Å²) in [5.74, 6) is -0.918. The molecule has 0 amide bonds. The fourth-order valence-corrected chi connectivity index (χ4v) is 2.55. The average Bonchev–Trinajstić information content (AvgIpc) is 2.57. The topological polar surface area (TPSA) is 87.2 Å². The van der Waals surface area contributed by atoms with Crippen LogP contribution >= 0.6 is 0 Å². The quantitative estimate of drug-likeness (QED) is 0.874. The van der Waals surface area contributed by atoms with Gasteiger partial charge in [-0.2, -0.15) is 0 Å². The van der Waals surface area contributed by atoms with Crippen LogP contribution in [0.15, 0.2) is 23.3 Å². The van der Waals surface area contributed by atoms with Crippen LogP contribution in [0.3, 0.4) is 0 Å². The van der Waals surface area contributed by atoms with Crippen LogP contribution in [0.4, 0.5) is 5.82 Å². The highest BCUT2D eigenvalue weighted by Gasteiger charge is 2.20. The Morgan fingerprint density at radius 1 is 1.25 bits per heavy atom. The lowest BCUT2D eigenvalue weighted by Crippen LogP contribution is -2.29. The fourth-order valence-electron chi connectivity index (χ4n) is 2.55. The number of methoxy groups -OCH3 is 1. The maximum atomic E-state index is 12.6. The summed E-state index contributed by atoms with van der Waals surface area (Å²) >= 11 is 0. The molecule has 24 heavy (non-hydrogen) atoms. The van der Waals surface area contributed by atoms with Gasteiger partial charge in [0.05, 0.1) is 12.8 Å². The lowest BCUT2D eigenvalue weighted by molar-refractivity contribution is 0.0599.